The number of allylic oxidation sites excluding steroid dienone is 1. The zero-order valence-electron chi connectivity index (χ0n) is 28.8. The molecule has 0 saturated carbocycles. The van der Waals surface area contributed by atoms with Crippen LogP contribution in [0.5, 0.6) is 28.7 Å². The molecule has 3 aromatic rings. The first kappa shape index (κ1) is 37.6. The van der Waals surface area contributed by atoms with E-state index in [9.17, 15) is 29.9 Å². The van der Waals surface area contributed by atoms with E-state index in [4.69, 9.17) is 35.3 Å². The molecule has 15 heteroatoms. The van der Waals surface area contributed by atoms with E-state index < -0.39 is 40.7 Å². The molecule has 0 aromatic heterocycles. The van der Waals surface area contributed by atoms with Crippen molar-refractivity contribution < 1.29 is 48.4 Å². The molecular weight excluding hydrogens is 704 g/mol. The van der Waals surface area contributed by atoms with Gasteiger partial charge in [0, 0.05) is 53.8 Å². The van der Waals surface area contributed by atoms with Crippen LogP contribution in [0.4, 0.5) is 5.69 Å². The highest BCUT2D eigenvalue weighted by Gasteiger charge is 2.61. The van der Waals surface area contributed by atoms with Gasteiger partial charge in [-0.3, -0.25) is 19.6 Å². The SMILES string of the molecule is COc1cc(CCNC(=O)CC(C2=C(O)[C@@]3(Oc4c(Cl)c(OC)cc(OC)c4C3=O)[C@H](C)CC2=O)c2ccc(SC)cc2)c(N([O-])O)cc1OC. The largest absolute Gasteiger partial charge is 0.733 e. The second kappa shape index (κ2) is 15.3. The van der Waals surface area contributed by atoms with Gasteiger partial charge in [-0.2, -0.15) is 0 Å². The molecule has 1 heterocycles. The lowest BCUT2D eigenvalue weighted by Crippen LogP contribution is -2.53. The first-order valence-electron chi connectivity index (χ1n) is 15.8. The van der Waals surface area contributed by atoms with Crippen LogP contribution >= 0.6 is 23.4 Å². The Balaban J connectivity index is 1.51. The highest BCUT2D eigenvalue weighted by Crippen LogP contribution is 2.55. The van der Waals surface area contributed by atoms with E-state index >= 15 is 0 Å². The summed E-state index contributed by atoms with van der Waals surface area (Å²) in [5.41, 5.74) is -1.33. The van der Waals surface area contributed by atoms with E-state index in [-0.39, 0.29) is 75.9 Å². The second-order valence-electron chi connectivity index (χ2n) is 12.0. The van der Waals surface area contributed by atoms with Gasteiger partial charge in [-0.15, -0.1) is 11.8 Å². The summed E-state index contributed by atoms with van der Waals surface area (Å²) in [5, 5.41) is 36.2. The van der Waals surface area contributed by atoms with Gasteiger partial charge in [0.2, 0.25) is 17.3 Å². The number of Topliss-reactive ketones (excluding diaryl/α,β-unsaturated/α-hetero) is 2. The molecule has 1 aliphatic heterocycles. The third kappa shape index (κ3) is 6.76. The average Bonchev–Trinajstić information content (AvgIpc) is 3.44. The summed E-state index contributed by atoms with van der Waals surface area (Å²) in [7, 11) is 5.58. The molecule has 51 heavy (non-hydrogen) atoms. The van der Waals surface area contributed by atoms with Crippen LogP contribution in [0.1, 0.15) is 47.2 Å². The standard InChI is InChI=1S/C36H38ClN2O11S/c1-18-13-24(40)30(34(42)36(18)35(43)31-27(48-4)17-28(49-5)32(37)33(31)50-36)22(19-7-9-21(51-6)10-8-19)15-29(41)38-12-11-20-14-25(46-2)26(47-3)16-23(20)39(44)45/h7-10,14,16-18,22,42,44H,11-13,15H2,1-6H3,(H,38,41)/q-1/t18-,22?,36+/m1/s1. The van der Waals surface area contributed by atoms with Crippen molar-refractivity contribution >= 4 is 46.5 Å². The zero-order valence-corrected chi connectivity index (χ0v) is 30.4. The van der Waals surface area contributed by atoms with Gasteiger partial charge in [-0.05, 0) is 42.0 Å². The molecule has 1 unspecified atom stereocenters. The van der Waals surface area contributed by atoms with Gasteiger partial charge in [-0.1, -0.05) is 30.7 Å². The van der Waals surface area contributed by atoms with E-state index in [1.165, 1.54) is 58.4 Å². The van der Waals surface area contributed by atoms with Crippen LogP contribution in [-0.2, 0) is 16.0 Å². The van der Waals surface area contributed by atoms with Gasteiger partial charge in [0.05, 0.1) is 34.1 Å². The number of fused-ring (bicyclic) bond motifs is 1. The summed E-state index contributed by atoms with van der Waals surface area (Å²) < 4.78 is 27.7. The van der Waals surface area contributed by atoms with Crippen LogP contribution in [0.2, 0.25) is 5.02 Å². The molecule has 3 atom stereocenters. The number of ketones is 2. The van der Waals surface area contributed by atoms with Crippen molar-refractivity contribution in [1.29, 1.82) is 0 Å². The van der Waals surface area contributed by atoms with Crippen LogP contribution in [0.15, 0.2) is 58.7 Å². The third-order valence-electron chi connectivity index (χ3n) is 9.28. The number of rotatable bonds is 13. The van der Waals surface area contributed by atoms with Gasteiger partial charge in [-0.25, -0.2) is 0 Å². The number of hydrogen-bond donors (Lipinski definition) is 3. The molecule has 3 N–H and O–H groups in total. The topological polar surface area (TPSA) is 176 Å². The lowest BCUT2D eigenvalue weighted by atomic mass is 9.69. The Labute approximate surface area is 303 Å². The first-order chi connectivity index (χ1) is 24.4. The van der Waals surface area contributed by atoms with Crippen LogP contribution < -0.4 is 34.2 Å². The summed E-state index contributed by atoms with van der Waals surface area (Å²) >= 11 is 8.10. The number of thioether (sulfide) groups is 1. The van der Waals surface area contributed by atoms with Crippen molar-refractivity contribution in [1.82, 2.24) is 5.32 Å². The van der Waals surface area contributed by atoms with E-state index in [1.54, 1.807) is 19.1 Å². The minimum atomic E-state index is -2.03. The van der Waals surface area contributed by atoms with Crippen molar-refractivity contribution in [3.05, 3.63) is 80.7 Å². The Morgan fingerprint density at radius 3 is 2.27 bits per heavy atom. The van der Waals surface area contributed by atoms with Crippen molar-refractivity contribution in [3.63, 3.8) is 0 Å². The number of methoxy groups -OCH3 is 4. The molecule has 1 spiro atoms. The number of ether oxygens (including phenoxy) is 5. The minimum absolute atomic E-state index is 0.000470. The number of benzene rings is 3. The van der Waals surface area contributed by atoms with Crippen molar-refractivity contribution in [2.24, 2.45) is 5.92 Å². The summed E-state index contributed by atoms with van der Waals surface area (Å²) in [6, 6.07) is 11.5. The predicted molar refractivity (Wildman–Crippen MR) is 190 cm³/mol. The Kier molecular flexibility index (Phi) is 11.3. The number of aliphatic hydroxyl groups is 1. The molecule has 5 rings (SSSR count). The van der Waals surface area contributed by atoms with E-state index in [1.807, 2.05) is 18.4 Å². The summed E-state index contributed by atoms with van der Waals surface area (Å²) in [4.78, 5) is 42.8. The lowest BCUT2D eigenvalue weighted by Gasteiger charge is -2.38. The zero-order chi connectivity index (χ0) is 37.2. The number of carbonyl (C=O) groups is 3. The van der Waals surface area contributed by atoms with Crippen molar-refractivity contribution in [3.8, 4) is 28.7 Å². The van der Waals surface area contributed by atoms with Crippen LogP contribution in [0.25, 0.3) is 0 Å². The van der Waals surface area contributed by atoms with Crippen molar-refractivity contribution in [2.75, 3.05) is 46.5 Å². The quantitative estimate of drug-likeness (QED) is 0.136. The fourth-order valence-electron chi connectivity index (χ4n) is 6.64. The van der Waals surface area contributed by atoms with Gasteiger partial charge >= 0.3 is 0 Å². The smallest absolute Gasteiger partial charge is 0.231 e. The number of anilines is 1. The number of aliphatic hydroxyl groups excluding tert-OH is 1. The Hall–Kier alpha value is -4.63. The molecule has 272 valence electrons. The first-order valence-corrected chi connectivity index (χ1v) is 17.4. The molecule has 1 aliphatic carbocycles. The third-order valence-corrected chi connectivity index (χ3v) is 10.4. The molecule has 1 amide bonds. The van der Waals surface area contributed by atoms with E-state index in [0.29, 0.717) is 16.9 Å². The number of hydrogen-bond acceptors (Lipinski definition) is 13. The Morgan fingerprint density at radius 1 is 1.06 bits per heavy atom. The Morgan fingerprint density at radius 2 is 1.69 bits per heavy atom. The monoisotopic (exact) mass is 741 g/mol. The van der Waals surface area contributed by atoms with Gasteiger partial charge in [0.15, 0.2) is 28.8 Å². The second-order valence-corrected chi connectivity index (χ2v) is 13.3. The fourth-order valence-corrected chi connectivity index (χ4v) is 7.32. The summed E-state index contributed by atoms with van der Waals surface area (Å²) in [5.74, 6) is -3.19. The van der Waals surface area contributed by atoms with Crippen LogP contribution in [-0.4, -0.2) is 74.6 Å². The number of nitrogens with zero attached hydrogens (tertiary/aromatic N) is 1. The Bertz CT molecular complexity index is 1880. The fraction of sp³-hybridized carbons (Fsp3) is 0.361. The van der Waals surface area contributed by atoms with Gasteiger partial charge < -0.3 is 44.5 Å². The van der Waals surface area contributed by atoms with Crippen molar-refractivity contribution in [2.45, 2.75) is 42.6 Å². The highest BCUT2D eigenvalue weighted by molar-refractivity contribution is 7.98. The molecule has 2 aliphatic rings. The molecule has 0 fully saturated rings. The molecule has 3 aromatic carbocycles. The molecule has 0 saturated heterocycles. The number of halogens is 1. The molecular formula is C36H38ClN2O11S-. The lowest BCUT2D eigenvalue weighted by molar-refractivity contribution is -0.121. The van der Waals surface area contributed by atoms with E-state index in [0.717, 1.165) is 4.90 Å². The maximum Gasteiger partial charge on any atom is 0.231 e. The normalized spacial score (nSPS) is 18.6. The number of amides is 1. The van der Waals surface area contributed by atoms with Crippen LogP contribution in [0, 0.1) is 11.1 Å². The van der Waals surface area contributed by atoms with Gasteiger partial charge in [0.25, 0.3) is 0 Å². The van der Waals surface area contributed by atoms with E-state index in [2.05, 4.69) is 5.32 Å². The molecule has 0 radical (unpaired) electrons. The van der Waals surface area contributed by atoms with Gasteiger partial charge in [0.1, 0.15) is 22.1 Å². The molecule has 13 nitrogen and oxygen atoms in total. The number of carbonyl (C=O) groups excluding carboxylic acids is 3. The summed E-state index contributed by atoms with van der Waals surface area (Å²) in [6.07, 6.45) is 1.56. The maximum atomic E-state index is 14.3. The highest BCUT2D eigenvalue weighted by atomic mass is 35.5. The minimum Gasteiger partial charge on any atom is -0.733 e. The predicted octanol–water partition coefficient (Wildman–Crippen LogP) is 6.06. The number of nitrogens with one attached hydrogen (secondary N) is 1. The summed E-state index contributed by atoms with van der Waals surface area (Å²) in [6.45, 7) is 1.66. The maximum absolute atomic E-state index is 14.3. The molecule has 0 bridgehead atoms. The van der Waals surface area contributed by atoms with Crippen LogP contribution in [0.3, 0.4) is 0 Å². The average molecular weight is 742 g/mol.